The highest BCUT2D eigenvalue weighted by molar-refractivity contribution is 6.31. The van der Waals surface area contributed by atoms with Crippen LogP contribution in [0.3, 0.4) is 0 Å². The summed E-state index contributed by atoms with van der Waals surface area (Å²) in [5, 5.41) is 20.7. The van der Waals surface area contributed by atoms with Crippen molar-refractivity contribution in [2.24, 2.45) is 0 Å². The van der Waals surface area contributed by atoms with Crippen molar-refractivity contribution in [2.75, 3.05) is 6.61 Å². The summed E-state index contributed by atoms with van der Waals surface area (Å²) in [5.41, 5.74) is 0.391. The van der Waals surface area contributed by atoms with E-state index in [1.807, 2.05) is 6.92 Å². The van der Waals surface area contributed by atoms with Crippen LogP contribution in [0.25, 0.3) is 11.0 Å². The van der Waals surface area contributed by atoms with Gasteiger partial charge in [-0.15, -0.1) is 0 Å². The van der Waals surface area contributed by atoms with Crippen LogP contribution in [0.5, 0.6) is 0 Å². The molecule has 6 heteroatoms. The molecule has 20 heavy (non-hydrogen) atoms. The largest absolute Gasteiger partial charge is 0.438 e. The quantitative estimate of drug-likeness (QED) is 0.807. The first-order chi connectivity index (χ1) is 9.55. The third kappa shape index (κ3) is 3.00. The van der Waals surface area contributed by atoms with Gasteiger partial charge in [0.2, 0.25) is 5.55 Å². The zero-order valence-electron chi connectivity index (χ0n) is 10.9. The second kappa shape index (κ2) is 6.07. The van der Waals surface area contributed by atoms with Crippen molar-refractivity contribution in [3.05, 3.63) is 40.4 Å². The first-order valence-electron chi connectivity index (χ1n) is 6.25. The van der Waals surface area contributed by atoms with Gasteiger partial charge in [0, 0.05) is 10.4 Å². The lowest BCUT2D eigenvalue weighted by atomic mass is 10.1. The Labute approximate surface area is 120 Å². The number of halogens is 1. The summed E-state index contributed by atoms with van der Waals surface area (Å²) in [5.74, 6) is -0.443. The van der Waals surface area contributed by atoms with Gasteiger partial charge in [0.25, 0.3) is 5.91 Å². The van der Waals surface area contributed by atoms with Crippen LogP contribution in [0.2, 0.25) is 5.02 Å². The average molecular weight is 295 g/mol. The topological polar surface area (TPSA) is 86.3 Å². The number of aliphatic hydroxyl groups excluding tert-OH is 1. The number of hydrogen-bond donors (Lipinski definition) is 3. The second-order valence-corrected chi connectivity index (χ2v) is 4.87. The van der Waals surface area contributed by atoms with E-state index in [-0.39, 0.29) is 23.8 Å². The molecule has 1 aromatic heterocycles. The molecule has 3 N–H and O–H groups in total. The molecule has 0 radical (unpaired) electrons. The second-order valence-electron chi connectivity index (χ2n) is 4.43. The lowest BCUT2D eigenvalue weighted by Gasteiger charge is -2.13. The number of benzene rings is 1. The smallest absolute Gasteiger partial charge is 0.257 e. The number of fused-ring (bicyclic) bond motifs is 1. The fourth-order valence-electron chi connectivity index (χ4n) is 1.82. The predicted octanol–water partition coefficient (Wildman–Crippen LogP) is 2.07. The maximum atomic E-state index is 12.1. The van der Waals surface area contributed by atoms with Gasteiger partial charge in [-0.05, 0) is 30.7 Å². The monoisotopic (exact) mass is 294 g/mol. The molecule has 1 atom stereocenters. The van der Waals surface area contributed by atoms with E-state index in [2.05, 4.69) is 5.32 Å². The van der Waals surface area contributed by atoms with E-state index < -0.39 is 5.91 Å². The number of carbonyl (C=O) groups excluding carboxylic acids is 1. The summed E-state index contributed by atoms with van der Waals surface area (Å²) >= 11 is 5.90. The lowest BCUT2D eigenvalue weighted by molar-refractivity contribution is 0.0910. The van der Waals surface area contributed by atoms with E-state index in [9.17, 15) is 4.79 Å². The molecule has 0 aliphatic carbocycles. The first kappa shape index (κ1) is 14.6. The Balaban J connectivity index is 2.41. The molecule has 0 spiro atoms. The molecule has 5 nitrogen and oxygen atoms in total. The molecule has 2 rings (SSSR count). The van der Waals surface area contributed by atoms with Crippen molar-refractivity contribution >= 4 is 28.5 Å². The highest BCUT2D eigenvalue weighted by atomic mass is 35.5. The molecular formula is C14H15ClN2O3. The molecule has 1 aromatic carbocycles. The summed E-state index contributed by atoms with van der Waals surface area (Å²) < 4.78 is 5.30. The van der Waals surface area contributed by atoms with Crippen LogP contribution in [0.4, 0.5) is 0 Å². The van der Waals surface area contributed by atoms with Gasteiger partial charge in [-0.1, -0.05) is 18.5 Å². The number of amides is 1. The van der Waals surface area contributed by atoms with Gasteiger partial charge in [0.05, 0.1) is 12.6 Å². The van der Waals surface area contributed by atoms with E-state index in [1.54, 1.807) is 24.3 Å². The third-order valence-corrected chi connectivity index (χ3v) is 3.26. The highest BCUT2D eigenvalue weighted by Gasteiger charge is 2.15. The van der Waals surface area contributed by atoms with Gasteiger partial charge in [0.1, 0.15) is 11.1 Å². The van der Waals surface area contributed by atoms with Crippen molar-refractivity contribution in [1.82, 2.24) is 5.32 Å². The van der Waals surface area contributed by atoms with Crippen LogP contribution in [0.15, 0.2) is 28.7 Å². The van der Waals surface area contributed by atoms with Crippen LogP contribution < -0.4 is 10.9 Å². The third-order valence-electron chi connectivity index (χ3n) is 3.02. The Morgan fingerprint density at radius 1 is 1.50 bits per heavy atom. The molecule has 0 aliphatic rings. The molecular weight excluding hydrogens is 280 g/mol. The van der Waals surface area contributed by atoms with Crippen LogP contribution >= 0.6 is 11.6 Å². The fraction of sp³-hybridized carbons (Fsp3) is 0.286. The van der Waals surface area contributed by atoms with Gasteiger partial charge in [-0.2, -0.15) is 0 Å². The normalized spacial score (nSPS) is 12.3. The summed E-state index contributed by atoms with van der Waals surface area (Å²) in [4.78, 5) is 12.1. The Kier molecular flexibility index (Phi) is 4.42. The number of aliphatic hydroxyl groups is 1. The number of hydrogen-bond acceptors (Lipinski definition) is 4. The molecule has 1 unspecified atom stereocenters. The van der Waals surface area contributed by atoms with Gasteiger partial charge in [0.15, 0.2) is 0 Å². The molecule has 106 valence electrons. The number of carbonyl (C=O) groups is 1. The van der Waals surface area contributed by atoms with E-state index in [0.717, 1.165) is 0 Å². The Morgan fingerprint density at radius 2 is 2.25 bits per heavy atom. The lowest BCUT2D eigenvalue weighted by Crippen LogP contribution is -2.38. The molecule has 1 amide bonds. The molecule has 1 heterocycles. The Morgan fingerprint density at radius 3 is 2.90 bits per heavy atom. The van der Waals surface area contributed by atoms with E-state index in [4.69, 9.17) is 26.5 Å². The standard InChI is InChI=1S/C14H15ClN2O3/c1-2-10(7-18)17-14(19)11-6-8-5-9(15)3-4-12(8)20-13(11)16/h3-6,10,16,18H,2,7H2,1H3,(H,17,19). The van der Waals surface area contributed by atoms with Crippen molar-refractivity contribution < 1.29 is 14.3 Å². The predicted molar refractivity (Wildman–Crippen MR) is 75.7 cm³/mol. The molecule has 0 saturated carbocycles. The minimum absolute atomic E-state index is 0.117. The maximum absolute atomic E-state index is 12.1. The van der Waals surface area contributed by atoms with Crippen LogP contribution in [-0.4, -0.2) is 23.7 Å². The summed E-state index contributed by atoms with van der Waals surface area (Å²) in [6, 6.07) is 6.20. The fourth-order valence-corrected chi connectivity index (χ4v) is 2.00. The number of rotatable bonds is 4. The van der Waals surface area contributed by atoms with Crippen molar-refractivity contribution in [2.45, 2.75) is 19.4 Å². The SMILES string of the molecule is CCC(CO)NC(=O)c1cc2cc(Cl)ccc2oc1=N. The zero-order valence-corrected chi connectivity index (χ0v) is 11.7. The minimum Gasteiger partial charge on any atom is -0.438 e. The molecule has 0 saturated heterocycles. The van der Waals surface area contributed by atoms with Crippen molar-refractivity contribution in [3.63, 3.8) is 0 Å². The summed E-state index contributed by atoms with van der Waals surface area (Å²) in [6.07, 6.45) is 0.603. The van der Waals surface area contributed by atoms with E-state index in [0.29, 0.717) is 22.4 Å². The van der Waals surface area contributed by atoms with Crippen molar-refractivity contribution in [1.29, 1.82) is 5.41 Å². The average Bonchev–Trinajstić information content (AvgIpc) is 2.44. The van der Waals surface area contributed by atoms with Crippen molar-refractivity contribution in [3.8, 4) is 0 Å². The highest BCUT2D eigenvalue weighted by Crippen LogP contribution is 2.18. The van der Waals surface area contributed by atoms with E-state index >= 15 is 0 Å². The van der Waals surface area contributed by atoms with E-state index in [1.165, 1.54) is 0 Å². The van der Waals surface area contributed by atoms with Gasteiger partial charge >= 0.3 is 0 Å². The molecule has 2 aromatic rings. The molecule has 0 fully saturated rings. The minimum atomic E-state index is -0.443. The van der Waals surface area contributed by atoms with Crippen LogP contribution in [0.1, 0.15) is 23.7 Å². The van der Waals surface area contributed by atoms with Gasteiger partial charge < -0.3 is 14.8 Å². The van der Waals surface area contributed by atoms with Gasteiger partial charge in [-0.25, -0.2) is 0 Å². The maximum Gasteiger partial charge on any atom is 0.257 e. The van der Waals surface area contributed by atoms with Crippen LogP contribution in [0, 0.1) is 5.41 Å². The summed E-state index contributed by atoms with van der Waals surface area (Å²) in [7, 11) is 0. The first-order valence-corrected chi connectivity index (χ1v) is 6.62. The Bertz CT molecular complexity index is 692. The van der Waals surface area contributed by atoms with Gasteiger partial charge in [-0.3, -0.25) is 10.2 Å². The van der Waals surface area contributed by atoms with Crippen LogP contribution in [-0.2, 0) is 0 Å². The molecule has 0 bridgehead atoms. The Hall–Kier alpha value is -1.85. The number of nitrogens with one attached hydrogen (secondary N) is 2. The zero-order chi connectivity index (χ0) is 14.7. The summed E-state index contributed by atoms with van der Waals surface area (Å²) in [6.45, 7) is 1.71. The molecule has 0 aliphatic heterocycles.